The van der Waals surface area contributed by atoms with Crippen molar-refractivity contribution in [2.45, 2.75) is 6.54 Å². The quantitative estimate of drug-likeness (QED) is 0.823. The molecule has 0 fully saturated rings. The summed E-state index contributed by atoms with van der Waals surface area (Å²) in [6.07, 6.45) is 3.64. The van der Waals surface area contributed by atoms with Crippen LogP contribution in [0.2, 0.25) is 0 Å². The van der Waals surface area contributed by atoms with Gasteiger partial charge in [-0.05, 0) is 7.05 Å². The third kappa shape index (κ3) is 1.94. The number of thiazole rings is 1. The first kappa shape index (κ1) is 9.23. The van der Waals surface area contributed by atoms with Gasteiger partial charge in [0.25, 0.3) is 0 Å². The first-order valence-electron chi connectivity index (χ1n) is 4.24. The van der Waals surface area contributed by atoms with Crippen LogP contribution in [0.1, 0.15) is 5.56 Å². The van der Waals surface area contributed by atoms with Crippen LogP contribution in [0.5, 0.6) is 0 Å². The number of rotatable bonds is 3. The van der Waals surface area contributed by atoms with E-state index in [0.717, 1.165) is 17.8 Å². The maximum Gasteiger partial charge on any atom is 0.178 e. The second-order valence-corrected chi connectivity index (χ2v) is 3.54. The van der Waals surface area contributed by atoms with Gasteiger partial charge < -0.3 is 5.32 Å². The van der Waals surface area contributed by atoms with Crippen molar-refractivity contribution in [3.05, 3.63) is 28.8 Å². The molecule has 0 radical (unpaired) electrons. The summed E-state index contributed by atoms with van der Waals surface area (Å²) >= 11 is 1.55. The molecule has 0 bridgehead atoms. The van der Waals surface area contributed by atoms with Crippen LogP contribution in [0.3, 0.4) is 0 Å². The fourth-order valence-electron chi connectivity index (χ4n) is 1.11. The molecule has 0 aliphatic rings. The zero-order chi connectivity index (χ0) is 9.80. The van der Waals surface area contributed by atoms with Gasteiger partial charge in [0.2, 0.25) is 0 Å². The van der Waals surface area contributed by atoms with Crippen molar-refractivity contribution < 1.29 is 0 Å². The lowest BCUT2D eigenvalue weighted by molar-refractivity contribution is 0.807. The van der Waals surface area contributed by atoms with Gasteiger partial charge in [0.05, 0.1) is 5.51 Å². The topological polar surface area (TPSA) is 50.7 Å². The minimum Gasteiger partial charge on any atom is -0.316 e. The van der Waals surface area contributed by atoms with Crippen molar-refractivity contribution in [1.82, 2.24) is 20.3 Å². The van der Waals surface area contributed by atoms with E-state index in [1.807, 2.05) is 24.8 Å². The van der Waals surface area contributed by atoms with Crippen LogP contribution < -0.4 is 5.32 Å². The van der Waals surface area contributed by atoms with Gasteiger partial charge in [0, 0.05) is 29.9 Å². The molecule has 4 nitrogen and oxygen atoms in total. The Morgan fingerprint density at radius 2 is 2.07 bits per heavy atom. The summed E-state index contributed by atoms with van der Waals surface area (Å²) in [6.45, 7) is 0.789. The van der Waals surface area contributed by atoms with Crippen molar-refractivity contribution in [3.8, 4) is 11.5 Å². The van der Waals surface area contributed by atoms with Gasteiger partial charge in [-0.1, -0.05) is 0 Å². The zero-order valence-corrected chi connectivity index (χ0v) is 8.58. The van der Waals surface area contributed by atoms with Gasteiger partial charge >= 0.3 is 0 Å². The van der Waals surface area contributed by atoms with E-state index in [9.17, 15) is 0 Å². The highest BCUT2D eigenvalue weighted by Crippen LogP contribution is 2.13. The SMILES string of the molecule is CNCc1cnc(-c2cscn2)nc1. The summed E-state index contributed by atoms with van der Waals surface area (Å²) in [5.74, 6) is 0.686. The molecule has 0 amide bonds. The predicted octanol–water partition coefficient (Wildman–Crippen LogP) is 1.32. The normalized spacial score (nSPS) is 10.4. The monoisotopic (exact) mass is 206 g/mol. The second-order valence-electron chi connectivity index (χ2n) is 2.82. The van der Waals surface area contributed by atoms with Gasteiger partial charge in [0.1, 0.15) is 5.69 Å². The van der Waals surface area contributed by atoms with Gasteiger partial charge in [-0.15, -0.1) is 11.3 Å². The molecule has 14 heavy (non-hydrogen) atoms. The van der Waals surface area contributed by atoms with Gasteiger partial charge in [0.15, 0.2) is 5.82 Å². The molecule has 0 saturated heterocycles. The molecular formula is C9H10N4S. The molecule has 0 spiro atoms. The maximum atomic E-state index is 4.23. The number of nitrogens with zero attached hydrogens (tertiary/aromatic N) is 3. The molecule has 1 N–H and O–H groups in total. The molecule has 2 aromatic rings. The Bertz CT molecular complexity index is 382. The minimum absolute atomic E-state index is 0.686. The Balaban J connectivity index is 2.22. The van der Waals surface area contributed by atoms with E-state index >= 15 is 0 Å². The van der Waals surface area contributed by atoms with Crippen molar-refractivity contribution in [1.29, 1.82) is 0 Å². The standard InChI is InChI=1S/C9H10N4S/c1-10-2-7-3-11-9(12-4-7)8-5-14-6-13-8/h3-6,10H,2H2,1H3. The lowest BCUT2D eigenvalue weighted by Gasteiger charge is -1.99. The summed E-state index contributed by atoms with van der Waals surface area (Å²) in [6, 6.07) is 0. The maximum absolute atomic E-state index is 4.23. The first-order chi connectivity index (χ1) is 6.90. The van der Waals surface area contributed by atoms with Crippen molar-refractivity contribution in [2.75, 3.05) is 7.05 Å². The van der Waals surface area contributed by atoms with Crippen LogP contribution in [-0.2, 0) is 6.54 Å². The molecule has 0 aliphatic carbocycles. The predicted molar refractivity (Wildman–Crippen MR) is 55.9 cm³/mol. The summed E-state index contributed by atoms with van der Waals surface area (Å²) in [7, 11) is 1.90. The van der Waals surface area contributed by atoms with E-state index < -0.39 is 0 Å². The van der Waals surface area contributed by atoms with Gasteiger partial charge in [-0.2, -0.15) is 0 Å². The van der Waals surface area contributed by atoms with E-state index in [1.165, 1.54) is 0 Å². The van der Waals surface area contributed by atoms with Crippen LogP contribution in [0.4, 0.5) is 0 Å². The van der Waals surface area contributed by atoms with E-state index in [0.29, 0.717) is 5.82 Å². The fraction of sp³-hybridized carbons (Fsp3) is 0.222. The van der Waals surface area contributed by atoms with E-state index in [2.05, 4.69) is 20.3 Å². The lowest BCUT2D eigenvalue weighted by Crippen LogP contribution is -2.06. The Hall–Kier alpha value is -1.33. The van der Waals surface area contributed by atoms with E-state index in [-0.39, 0.29) is 0 Å². The highest BCUT2D eigenvalue weighted by molar-refractivity contribution is 7.07. The number of aromatic nitrogens is 3. The fourth-order valence-corrected chi connectivity index (χ4v) is 1.64. The number of hydrogen-bond acceptors (Lipinski definition) is 5. The summed E-state index contributed by atoms with van der Waals surface area (Å²) in [5, 5.41) is 4.98. The lowest BCUT2D eigenvalue weighted by atomic mass is 10.3. The van der Waals surface area contributed by atoms with Gasteiger partial charge in [-0.3, -0.25) is 0 Å². The third-order valence-electron chi connectivity index (χ3n) is 1.75. The molecule has 5 heteroatoms. The van der Waals surface area contributed by atoms with Crippen LogP contribution >= 0.6 is 11.3 Å². The minimum atomic E-state index is 0.686. The van der Waals surface area contributed by atoms with Crippen LogP contribution in [-0.4, -0.2) is 22.0 Å². The van der Waals surface area contributed by atoms with Crippen LogP contribution in [0.25, 0.3) is 11.5 Å². The molecule has 72 valence electrons. The average molecular weight is 206 g/mol. The average Bonchev–Trinajstić information content (AvgIpc) is 2.72. The largest absolute Gasteiger partial charge is 0.316 e. The van der Waals surface area contributed by atoms with Gasteiger partial charge in [-0.25, -0.2) is 15.0 Å². The second kappa shape index (κ2) is 4.26. The molecule has 0 atom stereocenters. The Morgan fingerprint density at radius 3 is 2.64 bits per heavy atom. The zero-order valence-electron chi connectivity index (χ0n) is 7.77. The molecule has 0 aliphatic heterocycles. The summed E-state index contributed by atoms with van der Waals surface area (Å²) < 4.78 is 0. The third-order valence-corrected chi connectivity index (χ3v) is 2.33. The smallest absolute Gasteiger partial charge is 0.178 e. The number of nitrogens with one attached hydrogen (secondary N) is 1. The Kier molecular flexibility index (Phi) is 2.81. The van der Waals surface area contributed by atoms with E-state index in [1.54, 1.807) is 16.8 Å². The molecule has 0 aromatic carbocycles. The molecule has 2 heterocycles. The van der Waals surface area contributed by atoms with Crippen LogP contribution in [0.15, 0.2) is 23.3 Å². The highest BCUT2D eigenvalue weighted by Gasteiger charge is 2.02. The molecule has 0 saturated carbocycles. The Labute approximate surface area is 86.1 Å². The molecule has 2 rings (SSSR count). The molecule has 2 aromatic heterocycles. The molecular weight excluding hydrogens is 196 g/mol. The highest BCUT2D eigenvalue weighted by atomic mass is 32.1. The van der Waals surface area contributed by atoms with E-state index in [4.69, 9.17) is 0 Å². The molecule has 0 unspecified atom stereocenters. The Morgan fingerprint density at radius 1 is 1.29 bits per heavy atom. The van der Waals surface area contributed by atoms with Crippen LogP contribution in [0, 0.1) is 0 Å². The van der Waals surface area contributed by atoms with Crippen molar-refractivity contribution >= 4 is 11.3 Å². The number of hydrogen-bond donors (Lipinski definition) is 1. The summed E-state index contributed by atoms with van der Waals surface area (Å²) in [5.41, 5.74) is 3.69. The summed E-state index contributed by atoms with van der Waals surface area (Å²) in [4.78, 5) is 12.6. The first-order valence-corrected chi connectivity index (χ1v) is 5.18. The van der Waals surface area contributed by atoms with Crippen molar-refractivity contribution in [2.24, 2.45) is 0 Å². The van der Waals surface area contributed by atoms with Crippen molar-refractivity contribution in [3.63, 3.8) is 0 Å².